The van der Waals surface area contributed by atoms with Gasteiger partial charge in [0.15, 0.2) is 0 Å². The molecular weight excluding hydrogens is 186 g/mol. The lowest BCUT2D eigenvalue weighted by Crippen LogP contribution is -1.93. The minimum Gasteiger partial charge on any atom is -0.258 e. The number of nitrogens with zero attached hydrogens (tertiary/aromatic N) is 3. The van der Waals surface area contributed by atoms with E-state index in [9.17, 15) is 15.0 Å². The van der Waals surface area contributed by atoms with E-state index >= 15 is 0 Å². The van der Waals surface area contributed by atoms with Crippen LogP contribution in [0, 0.1) is 26.4 Å². The number of nitro groups is 1. The predicted octanol–water partition coefficient (Wildman–Crippen LogP) is 1.93. The second-order valence-electron chi connectivity index (χ2n) is 2.49. The van der Waals surface area contributed by atoms with Crippen molar-refractivity contribution in [1.82, 2.24) is 0 Å². The van der Waals surface area contributed by atoms with Crippen molar-refractivity contribution in [3.05, 3.63) is 44.9 Å². The molecule has 0 spiro atoms. The lowest BCUT2D eigenvalue weighted by molar-refractivity contribution is -0.384. The molecule has 0 amide bonds. The Bertz CT molecular complexity index is 411. The molecule has 0 aliphatic heterocycles. The molecule has 1 aromatic rings. The van der Waals surface area contributed by atoms with Crippen molar-refractivity contribution in [3.63, 3.8) is 0 Å². The molecule has 1 unspecified atom stereocenters. The first-order valence-corrected chi connectivity index (χ1v) is 3.65. The molecule has 14 heavy (non-hydrogen) atoms. The zero-order chi connectivity index (χ0) is 10.6. The van der Waals surface area contributed by atoms with E-state index in [0.29, 0.717) is 0 Å². The second-order valence-corrected chi connectivity index (χ2v) is 2.49. The van der Waals surface area contributed by atoms with Crippen LogP contribution in [0.15, 0.2) is 29.4 Å². The summed E-state index contributed by atoms with van der Waals surface area (Å²) < 4.78 is 0. The largest absolute Gasteiger partial charge is 0.269 e. The van der Waals surface area contributed by atoms with Gasteiger partial charge < -0.3 is 0 Å². The van der Waals surface area contributed by atoms with Gasteiger partial charge >= 0.3 is 0 Å². The molecule has 0 heterocycles. The average molecular weight is 191 g/mol. The Morgan fingerprint density at radius 3 is 2.79 bits per heavy atom. The van der Waals surface area contributed by atoms with Gasteiger partial charge in [-0.25, -0.2) is 0 Å². The number of hydrogen-bond acceptors (Lipinski definition) is 5. The molecule has 1 atom stereocenters. The maximum atomic E-state index is 10.4. The number of nitro benzene ring substituents is 1. The highest BCUT2D eigenvalue weighted by Gasteiger charge is 2.13. The number of hydrogen-bond donors (Lipinski definition) is 0. The molecule has 0 bridgehead atoms. The Morgan fingerprint density at radius 2 is 2.29 bits per heavy atom. The minimum absolute atomic E-state index is 0.161. The van der Waals surface area contributed by atoms with E-state index in [2.05, 4.69) is 5.18 Å². The molecule has 0 saturated heterocycles. The summed E-state index contributed by atoms with van der Waals surface area (Å²) in [6, 6.07) is 5.74. The van der Waals surface area contributed by atoms with Crippen LogP contribution in [0.25, 0.3) is 0 Å². The smallest absolute Gasteiger partial charge is 0.258 e. The van der Waals surface area contributed by atoms with Gasteiger partial charge in [-0.2, -0.15) is 5.26 Å². The molecule has 0 saturated carbocycles. The highest BCUT2D eigenvalue weighted by Crippen LogP contribution is 2.20. The van der Waals surface area contributed by atoms with E-state index in [0.717, 1.165) is 6.07 Å². The van der Waals surface area contributed by atoms with Crippen LogP contribution in [0.4, 0.5) is 5.69 Å². The lowest BCUT2D eigenvalue weighted by atomic mass is 10.1. The first-order chi connectivity index (χ1) is 6.69. The number of benzene rings is 1. The van der Waals surface area contributed by atoms with Crippen molar-refractivity contribution in [1.29, 1.82) is 5.26 Å². The third kappa shape index (κ3) is 1.90. The summed E-state index contributed by atoms with van der Waals surface area (Å²) in [5.41, 5.74) is 0.0723. The van der Waals surface area contributed by atoms with Crippen LogP contribution in [0.3, 0.4) is 0 Å². The lowest BCUT2D eigenvalue weighted by Gasteiger charge is -1.98. The minimum atomic E-state index is -1.19. The quantitative estimate of drug-likeness (QED) is 0.414. The van der Waals surface area contributed by atoms with Crippen molar-refractivity contribution < 1.29 is 4.92 Å². The second kappa shape index (κ2) is 4.09. The summed E-state index contributed by atoms with van der Waals surface area (Å²) in [6.45, 7) is 0. The first kappa shape index (κ1) is 9.80. The van der Waals surface area contributed by atoms with Crippen LogP contribution in [0.1, 0.15) is 11.6 Å². The van der Waals surface area contributed by atoms with Gasteiger partial charge in [0.25, 0.3) is 5.69 Å². The fourth-order valence-electron chi connectivity index (χ4n) is 0.967. The Balaban J connectivity index is 3.12. The van der Waals surface area contributed by atoms with Gasteiger partial charge in [0.1, 0.15) is 0 Å². The van der Waals surface area contributed by atoms with Crippen molar-refractivity contribution in [2.75, 3.05) is 0 Å². The molecule has 6 nitrogen and oxygen atoms in total. The van der Waals surface area contributed by atoms with Crippen LogP contribution in [-0.2, 0) is 0 Å². The highest BCUT2D eigenvalue weighted by atomic mass is 16.6. The summed E-state index contributed by atoms with van der Waals surface area (Å²) in [5.74, 6) is 0. The zero-order valence-electron chi connectivity index (χ0n) is 6.95. The summed E-state index contributed by atoms with van der Waals surface area (Å²) >= 11 is 0. The van der Waals surface area contributed by atoms with Gasteiger partial charge in [0.05, 0.1) is 11.0 Å². The zero-order valence-corrected chi connectivity index (χ0v) is 6.95. The molecule has 0 aliphatic carbocycles. The molecule has 1 aromatic carbocycles. The first-order valence-electron chi connectivity index (χ1n) is 3.65. The molecule has 0 aliphatic rings. The average Bonchev–Trinajstić information content (AvgIpc) is 2.20. The Kier molecular flexibility index (Phi) is 2.86. The number of nitroso groups, excluding NO2 is 1. The molecule has 70 valence electrons. The van der Waals surface area contributed by atoms with E-state index in [4.69, 9.17) is 5.26 Å². The van der Waals surface area contributed by atoms with Crippen LogP contribution < -0.4 is 0 Å². The van der Waals surface area contributed by atoms with E-state index < -0.39 is 11.0 Å². The maximum absolute atomic E-state index is 10.4. The standard InChI is InChI=1S/C8H5N3O3/c9-5-8(10-12)6-2-1-3-7(4-6)11(13)14/h1-4,8H. The topological polar surface area (TPSA) is 96.4 Å². The normalized spacial score (nSPS) is 11.4. The van der Waals surface area contributed by atoms with Crippen LogP contribution in [-0.4, -0.2) is 4.92 Å². The monoisotopic (exact) mass is 191 g/mol. The van der Waals surface area contributed by atoms with E-state index in [-0.39, 0.29) is 11.3 Å². The molecule has 0 fully saturated rings. The third-order valence-corrected chi connectivity index (χ3v) is 1.62. The van der Waals surface area contributed by atoms with Gasteiger partial charge in [0.2, 0.25) is 6.04 Å². The summed E-state index contributed by atoms with van der Waals surface area (Å²) in [4.78, 5) is 19.9. The van der Waals surface area contributed by atoms with Crippen LogP contribution in [0.2, 0.25) is 0 Å². The summed E-state index contributed by atoms with van der Waals surface area (Å²) in [6.07, 6.45) is 0. The van der Waals surface area contributed by atoms with Crippen molar-refractivity contribution in [2.24, 2.45) is 5.18 Å². The van der Waals surface area contributed by atoms with Gasteiger partial charge in [0, 0.05) is 17.7 Å². The SMILES string of the molecule is N#CC(N=O)c1cccc([N+](=O)[O-])c1. The van der Waals surface area contributed by atoms with Crippen LogP contribution in [0.5, 0.6) is 0 Å². The number of non-ortho nitro benzene ring substituents is 1. The van der Waals surface area contributed by atoms with E-state index in [1.165, 1.54) is 18.2 Å². The summed E-state index contributed by atoms with van der Waals surface area (Å²) in [7, 11) is 0. The molecule has 1 rings (SSSR count). The molecular formula is C8H5N3O3. The molecule has 6 heteroatoms. The van der Waals surface area contributed by atoms with Gasteiger partial charge in [-0.1, -0.05) is 12.1 Å². The third-order valence-electron chi connectivity index (χ3n) is 1.62. The van der Waals surface area contributed by atoms with Crippen molar-refractivity contribution in [3.8, 4) is 6.07 Å². The fourth-order valence-corrected chi connectivity index (χ4v) is 0.967. The van der Waals surface area contributed by atoms with Gasteiger partial charge in [-0.05, 0) is 5.18 Å². The Hall–Kier alpha value is -2.29. The van der Waals surface area contributed by atoms with Crippen molar-refractivity contribution in [2.45, 2.75) is 6.04 Å². The fraction of sp³-hybridized carbons (Fsp3) is 0.125. The number of rotatable bonds is 3. The van der Waals surface area contributed by atoms with E-state index in [1.54, 1.807) is 6.07 Å². The summed E-state index contributed by atoms with van der Waals surface area (Å²) in [5, 5.41) is 21.4. The maximum Gasteiger partial charge on any atom is 0.269 e. The Morgan fingerprint density at radius 1 is 1.57 bits per heavy atom. The number of nitriles is 1. The molecule has 0 aromatic heterocycles. The van der Waals surface area contributed by atoms with Gasteiger partial charge in [-0.3, -0.25) is 10.1 Å². The Labute approximate surface area is 78.9 Å². The molecule has 0 N–H and O–H groups in total. The highest BCUT2D eigenvalue weighted by molar-refractivity contribution is 5.37. The van der Waals surface area contributed by atoms with Gasteiger partial charge in [-0.15, -0.1) is 4.91 Å². The molecule has 0 radical (unpaired) electrons. The van der Waals surface area contributed by atoms with Crippen molar-refractivity contribution >= 4 is 5.69 Å². The van der Waals surface area contributed by atoms with E-state index in [1.807, 2.05) is 0 Å². The van der Waals surface area contributed by atoms with Crippen LogP contribution >= 0.6 is 0 Å². The predicted molar refractivity (Wildman–Crippen MR) is 47.2 cm³/mol.